The number of hydrogen-bond acceptors (Lipinski definition) is 7. The number of amidine groups is 1. The Morgan fingerprint density at radius 2 is 1.97 bits per heavy atom. The Hall–Kier alpha value is -3.39. The molecular formula is C26H28N4O3S. The summed E-state index contributed by atoms with van der Waals surface area (Å²) in [7, 11) is 0. The average molecular weight is 477 g/mol. The summed E-state index contributed by atoms with van der Waals surface area (Å²) in [5, 5.41) is 5.65. The summed E-state index contributed by atoms with van der Waals surface area (Å²) in [6.07, 6.45) is 3.35. The third kappa shape index (κ3) is 5.07. The Bertz CT molecular complexity index is 1190. The van der Waals surface area contributed by atoms with E-state index in [-0.39, 0.29) is 24.4 Å². The zero-order valence-corrected chi connectivity index (χ0v) is 20.6. The molecule has 1 amide bonds. The van der Waals surface area contributed by atoms with E-state index in [2.05, 4.69) is 10.3 Å². The lowest BCUT2D eigenvalue weighted by atomic mass is 9.91. The number of hydrogen-bond donors (Lipinski definition) is 1. The molecule has 1 atom stereocenters. The molecule has 34 heavy (non-hydrogen) atoms. The number of allylic oxidation sites excluding steroid dienone is 1. The van der Waals surface area contributed by atoms with Crippen molar-refractivity contribution in [3.8, 4) is 0 Å². The van der Waals surface area contributed by atoms with Crippen LogP contribution >= 0.6 is 11.8 Å². The van der Waals surface area contributed by atoms with Crippen LogP contribution in [-0.2, 0) is 20.9 Å². The minimum Gasteiger partial charge on any atom is -0.459 e. The zero-order valence-electron chi connectivity index (χ0n) is 19.7. The van der Waals surface area contributed by atoms with Crippen molar-refractivity contribution in [2.45, 2.75) is 52.8 Å². The minimum absolute atomic E-state index is 0.113. The molecule has 4 rings (SSSR count). The van der Waals surface area contributed by atoms with E-state index in [1.807, 2.05) is 74.4 Å². The molecule has 0 aliphatic carbocycles. The number of pyridine rings is 1. The first-order valence-corrected chi connectivity index (χ1v) is 12.1. The molecule has 0 fully saturated rings. The SMILES string of the molecule is CC1=C(C(=O)OC(C)C)C(c2ccccc2C)N2C(CC(=O)NCc3cccnc3)=CSC2=N1. The van der Waals surface area contributed by atoms with E-state index in [0.717, 1.165) is 27.6 Å². The Morgan fingerprint density at radius 3 is 2.68 bits per heavy atom. The molecule has 1 unspecified atom stereocenters. The Kier molecular flexibility index (Phi) is 7.17. The Labute approximate surface area is 204 Å². The maximum Gasteiger partial charge on any atom is 0.338 e. The molecule has 0 radical (unpaired) electrons. The van der Waals surface area contributed by atoms with Crippen LogP contribution in [0.5, 0.6) is 0 Å². The normalized spacial score (nSPS) is 17.3. The molecule has 1 aromatic carbocycles. The van der Waals surface area contributed by atoms with Gasteiger partial charge in [0.05, 0.1) is 29.8 Å². The molecule has 0 saturated heterocycles. The number of aliphatic imine (C=N–C) groups is 1. The standard InChI is InChI=1S/C26H28N4O3S/c1-16(2)33-25(32)23-18(4)29-26-30(24(23)21-10-6-5-8-17(21)3)20(15-34-26)12-22(31)28-14-19-9-7-11-27-13-19/h5-11,13,15-16,24H,12,14H2,1-4H3,(H,28,31). The van der Waals surface area contributed by atoms with Gasteiger partial charge in [0.2, 0.25) is 5.91 Å². The fraction of sp³-hybridized carbons (Fsp3) is 0.308. The van der Waals surface area contributed by atoms with Gasteiger partial charge in [0.1, 0.15) is 0 Å². The van der Waals surface area contributed by atoms with Gasteiger partial charge in [0, 0.05) is 24.6 Å². The van der Waals surface area contributed by atoms with E-state index in [1.54, 1.807) is 12.4 Å². The second-order valence-electron chi connectivity index (χ2n) is 8.52. The van der Waals surface area contributed by atoms with Crippen LogP contribution in [0.25, 0.3) is 0 Å². The topological polar surface area (TPSA) is 83.9 Å². The summed E-state index contributed by atoms with van der Waals surface area (Å²) in [5.74, 6) is -0.501. The fourth-order valence-corrected chi connectivity index (χ4v) is 4.99. The number of ether oxygens (including phenoxy) is 1. The Morgan fingerprint density at radius 1 is 1.18 bits per heavy atom. The summed E-state index contributed by atoms with van der Waals surface area (Å²) in [6, 6.07) is 11.3. The highest BCUT2D eigenvalue weighted by atomic mass is 32.2. The Balaban J connectivity index is 1.63. The number of aromatic nitrogens is 1. The first kappa shape index (κ1) is 23.8. The van der Waals surface area contributed by atoms with Crippen molar-refractivity contribution < 1.29 is 14.3 Å². The molecule has 3 heterocycles. The predicted molar refractivity (Wildman–Crippen MR) is 133 cm³/mol. The van der Waals surface area contributed by atoms with Gasteiger partial charge in [-0.3, -0.25) is 9.78 Å². The molecule has 176 valence electrons. The molecule has 2 aliphatic rings. The largest absolute Gasteiger partial charge is 0.459 e. The summed E-state index contributed by atoms with van der Waals surface area (Å²) < 4.78 is 5.60. The van der Waals surface area contributed by atoms with Crippen molar-refractivity contribution >= 4 is 28.8 Å². The number of aryl methyl sites for hydroxylation is 1. The van der Waals surface area contributed by atoms with Crippen molar-refractivity contribution in [3.63, 3.8) is 0 Å². The third-order valence-corrected chi connectivity index (χ3v) is 6.49. The summed E-state index contributed by atoms with van der Waals surface area (Å²) >= 11 is 1.46. The predicted octanol–water partition coefficient (Wildman–Crippen LogP) is 4.62. The fourth-order valence-electron chi connectivity index (χ4n) is 4.03. The lowest BCUT2D eigenvalue weighted by Gasteiger charge is -2.37. The van der Waals surface area contributed by atoms with Crippen LogP contribution in [0.15, 0.2) is 76.2 Å². The molecule has 2 aliphatic heterocycles. The number of fused-ring (bicyclic) bond motifs is 1. The van der Waals surface area contributed by atoms with Gasteiger partial charge in [-0.05, 0) is 55.9 Å². The van der Waals surface area contributed by atoms with Crippen LogP contribution in [0.2, 0.25) is 0 Å². The number of carbonyl (C=O) groups is 2. The minimum atomic E-state index is -0.424. The van der Waals surface area contributed by atoms with Crippen LogP contribution < -0.4 is 5.32 Å². The monoisotopic (exact) mass is 476 g/mol. The maximum atomic E-state index is 13.2. The second-order valence-corrected chi connectivity index (χ2v) is 9.36. The van der Waals surface area contributed by atoms with Gasteiger partial charge in [-0.2, -0.15) is 0 Å². The third-order valence-electron chi connectivity index (χ3n) is 5.60. The quantitative estimate of drug-likeness (QED) is 0.587. The van der Waals surface area contributed by atoms with E-state index < -0.39 is 6.04 Å². The molecular weight excluding hydrogens is 448 g/mol. The van der Waals surface area contributed by atoms with Crippen LogP contribution in [0.4, 0.5) is 0 Å². The highest BCUT2D eigenvalue weighted by molar-refractivity contribution is 8.16. The van der Waals surface area contributed by atoms with Crippen molar-refractivity contribution in [3.05, 3.63) is 87.9 Å². The molecule has 0 spiro atoms. The van der Waals surface area contributed by atoms with E-state index in [4.69, 9.17) is 9.73 Å². The number of rotatable bonds is 7. The zero-order chi connectivity index (χ0) is 24.2. The van der Waals surface area contributed by atoms with Gasteiger partial charge in [-0.25, -0.2) is 9.79 Å². The van der Waals surface area contributed by atoms with Gasteiger partial charge in [-0.15, -0.1) is 0 Å². The first-order valence-electron chi connectivity index (χ1n) is 11.2. The molecule has 7 nitrogen and oxygen atoms in total. The number of carbonyl (C=O) groups excluding carboxylic acids is 2. The number of amides is 1. The molecule has 1 aromatic heterocycles. The van der Waals surface area contributed by atoms with Gasteiger partial charge in [0.25, 0.3) is 0 Å². The van der Waals surface area contributed by atoms with Gasteiger partial charge in [0.15, 0.2) is 5.17 Å². The van der Waals surface area contributed by atoms with Crippen molar-refractivity contribution in [1.29, 1.82) is 0 Å². The number of nitrogens with zero attached hydrogens (tertiary/aromatic N) is 3. The van der Waals surface area contributed by atoms with Gasteiger partial charge < -0.3 is 15.0 Å². The second kappa shape index (κ2) is 10.3. The molecule has 2 aromatic rings. The summed E-state index contributed by atoms with van der Waals surface area (Å²) in [5.41, 5.74) is 4.89. The van der Waals surface area contributed by atoms with Crippen LogP contribution in [0.3, 0.4) is 0 Å². The molecule has 8 heteroatoms. The van der Waals surface area contributed by atoms with E-state index in [9.17, 15) is 9.59 Å². The van der Waals surface area contributed by atoms with E-state index >= 15 is 0 Å². The number of esters is 1. The number of thioether (sulfide) groups is 1. The average Bonchev–Trinajstić information content (AvgIpc) is 3.19. The van der Waals surface area contributed by atoms with Crippen molar-refractivity contribution in [2.24, 2.45) is 4.99 Å². The van der Waals surface area contributed by atoms with Crippen LogP contribution in [0.1, 0.15) is 49.9 Å². The van der Waals surface area contributed by atoms with E-state index in [0.29, 0.717) is 17.8 Å². The molecule has 0 saturated carbocycles. The lowest BCUT2D eigenvalue weighted by molar-refractivity contribution is -0.143. The number of benzene rings is 1. The summed E-state index contributed by atoms with van der Waals surface area (Å²) in [6.45, 7) is 7.93. The first-order chi connectivity index (χ1) is 16.3. The van der Waals surface area contributed by atoms with Crippen LogP contribution in [0, 0.1) is 6.92 Å². The van der Waals surface area contributed by atoms with Crippen LogP contribution in [-0.4, -0.2) is 33.0 Å². The summed E-state index contributed by atoms with van der Waals surface area (Å²) in [4.78, 5) is 36.8. The number of nitrogens with one attached hydrogen (secondary N) is 1. The van der Waals surface area contributed by atoms with Crippen molar-refractivity contribution in [1.82, 2.24) is 15.2 Å². The highest BCUT2D eigenvalue weighted by Crippen LogP contribution is 2.45. The lowest BCUT2D eigenvalue weighted by Crippen LogP contribution is -2.38. The molecule has 0 bridgehead atoms. The highest BCUT2D eigenvalue weighted by Gasteiger charge is 2.41. The smallest absolute Gasteiger partial charge is 0.338 e. The van der Waals surface area contributed by atoms with Gasteiger partial charge in [-0.1, -0.05) is 42.1 Å². The van der Waals surface area contributed by atoms with E-state index in [1.165, 1.54) is 11.8 Å². The molecule has 1 N–H and O–H groups in total. The maximum absolute atomic E-state index is 13.2. The van der Waals surface area contributed by atoms with Crippen molar-refractivity contribution in [2.75, 3.05) is 0 Å². The van der Waals surface area contributed by atoms with Gasteiger partial charge >= 0.3 is 5.97 Å².